The first-order chi connectivity index (χ1) is 17.2. The third kappa shape index (κ3) is 5.87. The molecular formula is C31H33NO2S. The first-order valence-electron chi connectivity index (χ1n) is 12.9. The molecule has 0 spiro atoms. The molecule has 35 heavy (non-hydrogen) atoms. The Morgan fingerprint density at radius 3 is 2.69 bits per heavy atom. The first-order valence-corrected chi connectivity index (χ1v) is 13.9. The lowest BCUT2D eigenvalue weighted by atomic mass is 9.87. The van der Waals surface area contributed by atoms with Gasteiger partial charge >= 0.3 is 0 Å². The molecule has 1 heterocycles. The Labute approximate surface area is 212 Å². The average Bonchev–Trinajstić information content (AvgIpc) is 2.88. The van der Waals surface area contributed by atoms with E-state index in [1.165, 1.54) is 43.2 Å². The molecule has 2 aliphatic rings. The van der Waals surface area contributed by atoms with Crippen molar-refractivity contribution >= 4 is 40.3 Å². The SMILES string of the molecule is O=C(CC1CCCCC1)NCc1cc(CC=Cc2ccccc2)cc2ccc3c(c12)C(=O)CCS3. The summed E-state index contributed by atoms with van der Waals surface area (Å²) in [4.78, 5) is 26.8. The molecule has 1 amide bonds. The second-order valence-electron chi connectivity index (χ2n) is 9.82. The standard InChI is InChI=1S/C31H33NO2S/c33-27-16-17-35-28-15-14-25-18-24(13-7-12-22-8-3-1-4-9-22)19-26(30(25)31(27)28)21-32-29(34)20-23-10-5-2-6-11-23/h1,3-4,7-9,12,14-15,18-19,23H,2,5-6,10-11,13,16-17,20-21H2,(H,32,34). The van der Waals surface area contributed by atoms with Crippen LogP contribution in [0.25, 0.3) is 16.8 Å². The Balaban J connectivity index is 1.42. The van der Waals surface area contributed by atoms with Crippen molar-refractivity contribution in [1.82, 2.24) is 5.32 Å². The molecule has 0 bridgehead atoms. The van der Waals surface area contributed by atoms with Crippen LogP contribution in [-0.2, 0) is 17.8 Å². The fourth-order valence-electron chi connectivity index (χ4n) is 5.45. The molecule has 0 radical (unpaired) electrons. The molecule has 4 heteroatoms. The van der Waals surface area contributed by atoms with Crippen molar-refractivity contribution in [3.05, 3.63) is 82.9 Å². The molecule has 1 aliphatic heterocycles. The maximum absolute atomic E-state index is 13.0. The van der Waals surface area contributed by atoms with E-state index in [2.05, 4.69) is 53.9 Å². The highest BCUT2D eigenvalue weighted by molar-refractivity contribution is 7.99. The number of thioether (sulfide) groups is 1. The Hall–Kier alpha value is -2.85. The quantitative estimate of drug-likeness (QED) is 0.382. The highest BCUT2D eigenvalue weighted by Gasteiger charge is 2.23. The molecule has 1 fully saturated rings. The van der Waals surface area contributed by atoms with Crippen LogP contribution in [0.5, 0.6) is 0 Å². The smallest absolute Gasteiger partial charge is 0.220 e. The number of hydrogen-bond donors (Lipinski definition) is 1. The van der Waals surface area contributed by atoms with Crippen LogP contribution in [0.2, 0.25) is 0 Å². The van der Waals surface area contributed by atoms with Crippen molar-refractivity contribution in [2.45, 2.75) is 62.8 Å². The molecule has 180 valence electrons. The summed E-state index contributed by atoms with van der Waals surface area (Å²) in [6.45, 7) is 0.465. The van der Waals surface area contributed by atoms with E-state index in [-0.39, 0.29) is 11.7 Å². The van der Waals surface area contributed by atoms with Crippen LogP contribution < -0.4 is 5.32 Å². The van der Waals surface area contributed by atoms with Gasteiger partial charge in [-0.2, -0.15) is 0 Å². The number of nitrogens with one attached hydrogen (secondary N) is 1. The van der Waals surface area contributed by atoms with Gasteiger partial charge in [-0.05, 0) is 58.7 Å². The lowest BCUT2D eigenvalue weighted by Crippen LogP contribution is -2.26. The Bertz CT molecular complexity index is 1240. The van der Waals surface area contributed by atoms with Gasteiger partial charge in [0.05, 0.1) is 0 Å². The molecule has 1 aliphatic carbocycles. The Morgan fingerprint density at radius 1 is 1.03 bits per heavy atom. The van der Waals surface area contributed by atoms with Gasteiger partial charge < -0.3 is 5.32 Å². The lowest BCUT2D eigenvalue weighted by molar-refractivity contribution is -0.122. The van der Waals surface area contributed by atoms with E-state index in [0.717, 1.165) is 39.0 Å². The number of carbonyl (C=O) groups excluding carboxylic acids is 2. The minimum Gasteiger partial charge on any atom is -0.352 e. The van der Waals surface area contributed by atoms with Crippen LogP contribution in [0.4, 0.5) is 0 Å². The number of rotatable bonds is 7. The lowest BCUT2D eigenvalue weighted by Gasteiger charge is -2.22. The van der Waals surface area contributed by atoms with Gasteiger partial charge in [0.15, 0.2) is 5.78 Å². The second-order valence-corrected chi connectivity index (χ2v) is 11.0. The molecule has 0 aromatic heterocycles. The Kier molecular flexibility index (Phi) is 7.68. The molecule has 3 nitrogen and oxygen atoms in total. The van der Waals surface area contributed by atoms with Crippen molar-refractivity contribution in [2.24, 2.45) is 5.92 Å². The molecule has 3 aromatic carbocycles. The van der Waals surface area contributed by atoms with Crippen LogP contribution >= 0.6 is 11.8 Å². The number of amides is 1. The average molecular weight is 484 g/mol. The van der Waals surface area contributed by atoms with Crippen LogP contribution in [-0.4, -0.2) is 17.4 Å². The second kappa shape index (κ2) is 11.3. The molecule has 5 rings (SSSR count). The highest BCUT2D eigenvalue weighted by atomic mass is 32.2. The van der Waals surface area contributed by atoms with E-state index in [1.54, 1.807) is 11.8 Å². The summed E-state index contributed by atoms with van der Waals surface area (Å²) in [5, 5.41) is 5.30. The van der Waals surface area contributed by atoms with Gasteiger partial charge in [-0.25, -0.2) is 0 Å². The number of Topliss-reactive ketones (excluding diaryl/α,β-unsaturated/α-hetero) is 1. The van der Waals surface area contributed by atoms with Crippen molar-refractivity contribution < 1.29 is 9.59 Å². The van der Waals surface area contributed by atoms with E-state index < -0.39 is 0 Å². The zero-order chi connectivity index (χ0) is 24.0. The topological polar surface area (TPSA) is 46.2 Å². The van der Waals surface area contributed by atoms with Gasteiger partial charge in [0.2, 0.25) is 5.91 Å². The summed E-state index contributed by atoms with van der Waals surface area (Å²) >= 11 is 1.76. The molecule has 0 atom stereocenters. The maximum Gasteiger partial charge on any atom is 0.220 e. The molecule has 3 aromatic rings. The number of allylic oxidation sites excluding steroid dienone is 1. The van der Waals surface area contributed by atoms with Crippen molar-refractivity contribution in [3.63, 3.8) is 0 Å². The monoisotopic (exact) mass is 483 g/mol. The van der Waals surface area contributed by atoms with E-state index in [0.29, 0.717) is 25.3 Å². The van der Waals surface area contributed by atoms with Crippen molar-refractivity contribution in [2.75, 3.05) is 5.75 Å². The molecule has 0 unspecified atom stereocenters. The molecule has 0 saturated heterocycles. The van der Waals surface area contributed by atoms with E-state index in [4.69, 9.17) is 0 Å². The van der Waals surface area contributed by atoms with Gasteiger partial charge in [-0.15, -0.1) is 11.8 Å². The summed E-state index contributed by atoms with van der Waals surface area (Å²) in [6, 6.07) is 18.9. The minimum absolute atomic E-state index is 0.130. The van der Waals surface area contributed by atoms with Gasteiger partial charge in [-0.3, -0.25) is 9.59 Å². The van der Waals surface area contributed by atoms with Gasteiger partial charge in [0, 0.05) is 35.6 Å². The Morgan fingerprint density at radius 2 is 1.86 bits per heavy atom. The van der Waals surface area contributed by atoms with E-state index >= 15 is 0 Å². The van der Waals surface area contributed by atoms with Gasteiger partial charge in [-0.1, -0.05) is 79.9 Å². The third-order valence-electron chi connectivity index (χ3n) is 7.22. The zero-order valence-corrected chi connectivity index (χ0v) is 21.0. The predicted octanol–water partition coefficient (Wildman–Crippen LogP) is 7.36. The summed E-state index contributed by atoms with van der Waals surface area (Å²) in [6.07, 6.45) is 12.4. The van der Waals surface area contributed by atoms with Crippen molar-refractivity contribution in [3.8, 4) is 0 Å². The zero-order valence-electron chi connectivity index (χ0n) is 20.2. The van der Waals surface area contributed by atoms with E-state index in [1.807, 2.05) is 18.2 Å². The van der Waals surface area contributed by atoms with Crippen LogP contribution in [0, 0.1) is 5.92 Å². The van der Waals surface area contributed by atoms with Gasteiger partial charge in [0.1, 0.15) is 0 Å². The predicted molar refractivity (Wildman–Crippen MR) is 146 cm³/mol. The fraction of sp³-hybridized carbons (Fsp3) is 0.355. The summed E-state index contributed by atoms with van der Waals surface area (Å²) in [5.74, 6) is 1.70. The largest absolute Gasteiger partial charge is 0.352 e. The number of hydrogen-bond acceptors (Lipinski definition) is 3. The molecular weight excluding hydrogens is 450 g/mol. The fourth-order valence-corrected chi connectivity index (χ4v) is 6.48. The number of ketones is 1. The number of fused-ring (bicyclic) bond motifs is 3. The minimum atomic E-state index is 0.130. The van der Waals surface area contributed by atoms with Crippen LogP contribution in [0.1, 0.15) is 72.0 Å². The highest BCUT2D eigenvalue weighted by Crippen LogP contribution is 2.37. The summed E-state index contributed by atoms with van der Waals surface area (Å²) in [7, 11) is 0. The van der Waals surface area contributed by atoms with E-state index in [9.17, 15) is 9.59 Å². The number of benzene rings is 3. The summed E-state index contributed by atoms with van der Waals surface area (Å²) < 4.78 is 0. The molecule has 1 saturated carbocycles. The van der Waals surface area contributed by atoms with Crippen LogP contribution in [0.15, 0.2) is 65.6 Å². The first kappa shape index (κ1) is 23.9. The van der Waals surface area contributed by atoms with Crippen LogP contribution in [0.3, 0.4) is 0 Å². The molecule has 1 N–H and O–H groups in total. The summed E-state index contributed by atoms with van der Waals surface area (Å²) in [5.41, 5.74) is 4.27. The van der Waals surface area contributed by atoms with Crippen molar-refractivity contribution in [1.29, 1.82) is 0 Å². The van der Waals surface area contributed by atoms with Gasteiger partial charge in [0.25, 0.3) is 0 Å². The third-order valence-corrected chi connectivity index (χ3v) is 8.28. The maximum atomic E-state index is 13.0. The normalized spacial score (nSPS) is 16.5. The number of carbonyl (C=O) groups is 2.